The molecule has 0 saturated heterocycles. The maximum absolute atomic E-state index is 13.3. The number of hydrogen-bond donors (Lipinski definition) is 3. The molecule has 2 aromatic carbocycles. The highest BCUT2D eigenvalue weighted by Crippen LogP contribution is 2.08. The number of guanidine groups is 1. The maximum atomic E-state index is 13.3. The van der Waals surface area contributed by atoms with Crippen molar-refractivity contribution in [3.05, 3.63) is 65.5 Å². The average Bonchev–Trinajstić information content (AvgIpc) is 2.61. The Balaban J connectivity index is 1.66. The third-order valence-corrected chi connectivity index (χ3v) is 3.65. The second kappa shape index (κ2) is 9.55. The van der Waals surface area contributed by atoms with Crippen molar-refractivity contribution in [3.63, 3.8) is 0 Å². The van der Waals surface area contributed by atoms with Crippen molar-refractivity contribution in [1.82, 2.24) is 10.6 Å². The van der Waals surface area contributed by atoms with Crippen LogP contribution in [0.15, 0.2) is 53.5 Å². The summed E-state index contributed by atoms with van der Waals surface area (Å²) >= 11 is 0. The van der Waals surface area contributed by atoms with Crippen molar-refractivity contribution in [2.24, 2.45) is 4.99 Å². The number of aliphatic imine (C=N–C) groups is 1. The van der Waals surface area contributed by atoms with Gasteiger partial charge in [0.2, 0.25) is 0 Å². The lowest BCUT2D eigenvalue weighted by atomic mass is 10.1. The van der Waals surface area contributed by atoms with Gasteiger partial charge in [0, 0.05) is 32.4 Å². The van der Waals surface area contributed by atoms with E-state index in [2.05, 4.69) is 33.1 Å². The first-order chi connectivity index (χ1) is 11.7. The summed E-state index contributed by atoms with van der Waals surface area (Å²) in [7, 11) is 1.74. The van der Waals surface area contributed by atoms with Crippen LogP contribution >= 0.6 is 0 Å². The van der Waals surface area contributed by atoms with E-state index in [0.29, 0.717) is 12.1 Å². The summed E-state index contributed by atoms with van der Waals surface area (Å²) in [5.41, 5.74) is 2.82. The molecule has 0 spiro atoms. The topological polar surface area (TPSA) is 48.5 Å². The lowest BCUT2D eigenvalue weighted by Crippen LogP contribution is -2.37. The van der Waals surface area contributed by atoms with Crippen molar-refractivity contribution >= 4 is 11.6 Å². The van der Waals surface area contributed by atoms with Crippen molar-refractivity contribution < 1.29 is 4.39 Å². The molecule has 0 fully saturated rings. The van der Waals surface area contributed by atoms with Gasteiger partial charge in [-0.25, -0.2) is 4.39 Å². The fraction of sp³-hybridized carbons (Fsp3) is 0.316. The lowest BCUT2D eigenvalue weighted by molar-refractivity contribution is 0.617. The first-order valence-electron chi connectivity index (χ1n) is 8.17. The molecule has 0 amide bonds. The maximum Gasteiger partial charge on any atom is 0.191 e. The highest BCUT2D eigenvalue weighted by molar-refractivity contribution is 5.79. The molecule has 0 heterocycles. The van der Waals surface area contributed by atoms with E-state index in [0.717, 1.165) is 36.7 Å². The minimum atomic E-state index is -0.174. The normalized spacial score (nSPS) is 11.2. The van der Waals surface area contributed by atoms with Gasteiger partial charge in [0.1, 0.15) is 5.82 Å². The number of hydrogen-bond acceptors (Lipinski definition) is 2. The standard InChI is InChI=1S/C19H25FN4/c1-15-13-16(9-10-18(15)20)14-24-19(21-2)23-12-6-11-22-17-7-4-3-5-8-17/h3-5,7-10,13,22H,6,11-12,14H2,1-2H3,(H2,21,23,24). The van der Waals surface area contributed by atoms with E-state index in [1.807, 2.05) is 24.3 Å². The van der Waals surface area contributed by atoms with Gasteiger partial charge in [-0.05, 0) is 42.7 Å². The van der Waals surface area contributed by atoms with Crippen LogP contribution in [0.1, 0.15) is 17.5 Å². The number of aryl methyl sites for hydroxylation is 1. The lowest BCUT2D eigenvalue weighted by Gasteiger charge is -2.13. The van der Waals surface area contributed by atoms with Crippen LogP contribution in [0.4, 0.5) is 10.1 Å². The van der Waals surface area contributed by atoms with E-state index in [1.54, 1.807) is 20.0 Å². The minimum Gasteiger partial charge on any atom is -0.385 e. The number of rotatable bonds is 7. The Hall–Kier alpha value is -2.56. The van der Waals surface area contributed by atoms with Gasteiger partial charge >= 0.3 is 0 Å². The summed E-state index contributed by atoms with van der Waals surface area (Å²) in [5, 5.41) is 9.88. The van der Waals surface area contributed by atoms with Gasteiger partial charge in [-0.2, -0.15) is 0 Å². The minimum absolute atomic E-state index is 0.174. The van der Waals surface area contributed by atoms with E-state index in [4.69, 9.17) is 0 Å². The van der Waals surface area contributed by atoms with Crippen LogP contribution in [-0.4, -0.2) is 26.1 Å². The second-order valence-electron chi connectivity index (χ2n) is 5.58. The summed E-state index contributed by atoms with van der Waals surface area (Å²) in [6.45, 7) is 4.10. The predicted octanol–water partition coefficient (Wildman–Crippen LogP) is 3.30. The van der Waals surface area contributed by atoms with Crippen LogP contribution in [0, 0.1) is 12.7 Å². The molecular weight excluding hydrogens is 303 g/mol. The Morgan fingerprint density at radius 3 is 2.54 bits per heavy atom. The van der Waals surface area contributed by atoms with E-state index < -0.39 is 0 Å². The van der Waals surface area contributed by atoms with Crippen molar-refractivity contribution in [1.29, 1.82) is 0 Å². The highest BCUT2D eigenvalue weighted by atomic mass is 19.1. The molecule has 0 aliphatic rings. The van der Waals surface area contributed by atoms with Crippen LogP contribution < -0.4 is 16.0 Å². The Morgan fingerprint density at radius 1 is 1.04 bits per heavy atom. The second-order valence-corrected chi connectivity index (χ2v) is 5.58. The monoisotopic (exact) mass is 328 g/mol. The average molecular weight is 328 g/mol. The summed E-state index contributed by atoms with van der Waals surface area (Å²) in [6, 6.07) is 15.3. The third-order valence-electron chi connectivity index (χ3n) is 3.65. The molecule has 24 heavy (non-hydrogen) atoms. The van der Waals surface area contributed by atoms with Crippen LogP contribution in [0.3, 0.4) is 0 Å². The van der Waals surface area contributed by atoms with Gasteiger partial charge in [-0.15, -0.1) is 0 Å². The highest BCUT2D eigenvalue weighted by Gasteiger charge is 2.01. The summed E-state index contributed by atoms with van der Waals surface area (Å²) in [4.78, 5) is 4.20. The number of halogens is 1. The zero-order valence-corrected chi connectivity index (χ0v) is 14.3. The Kier molecular flexibility index (Phi) is 7.08. The first-order valence-corrected chi connectivity index (χ1v) is 8.17. The fourth-order valence-corrected chi connectivity index (χ4v) is 2.31. The molecule has 0 unspecified atom stereocenters. The fourth-order valence-electron chi connectivity index (χ4n) is 2.31. The Labute approximate surface area is 143 Å². The van der Waals surface area contributed by atoms with Gasteiger partial charge in [-0.3, -0.25) is 4.99 Å². The van der Waals surface area contributed by atoms with Crippen molar-refractivity contribution in [2.75, 3.05) is 25.5 Å². The quantitative estimate of drug-likeness (QED) is 0.415. The van der Waals surface area contributed by atoms with E-state index in [-0.39, 0.29) is 5.82 Å². The summed E-state index contributed by atoms with van der Waals surface area (Å²) in [5.74, 6) is 0.573. The Morgan fingerprint density at radius 2 is 1.83 bits per heavy atom. The smallest absolute Gasteiger partial charge is 0.191 e. The van der Waals surface area contributed by atoms with E-state index in [1.165, 1.54) is 6.07 Å². The molecule has 3 N–H and O–H groups in total. The summed E-state index contributed by atoms with van der Waals surface area (Å²) in [6.07, 6.45) is 0.977. The molecule has 0 atom stereocenters. The molecule has 0 aliphatic heterocycles. The van der Waals surface area contributed by atoms with Crippen molar-refractivity contribution in [2.45, 2.75) is 19.9 Å². The zero-order chi connectivity index (χ0) is 17.2. The number of anilines is 1. The number of nitrogens with one attached hydrogen (secondary N) is 3. The molecule has 0 aliphatic carbocycles. The van der Waals surface area contributed by atoms with Gasteiger partial charge in [-0.1, -0.05) is 30.3 Å². The molecular formula is C19H25FN4. The van der Waals surface area contributed by atoms with Crippen molar-refractivity contribution in [3.8, 4) is 0 Å². The van der Waals surface area contributed by atoms with Gasteiger partial charge < -0.3 is 16.0 Å². The van der Waals surface area contributed by atoms with Gasteiger partial charge in [0.25, 0.3) is 0 Å². The molecule has 0 aromatic heterocycles. The SMILES string of the molecule is CN=C(NCCCNc1ccccc1)NCc1ccc(F)c(C)c1. The molecule has 2 rings (SSSR count). The summed E-state index contributed by atoms with van der Waals surface area (Å²) < 4.78 is 13.3. The van der Waals surface area contributed by atoms with E-state index >= 15 is 0 Å². The zero-order valence-electron chi connectivity index (χ0n) is 14.3. The number of benzene rings is 2. The van der Waals surface area contributed by atoms with Gasteiger partial charge in [0.05, 0.1) is 0 Å². The van der Waals surface area contributed by atoms with Crippen LogP contribution in [-0.2, 0) is 6.54 Å². The predicted molar refractivity (Wildman–Crippen MR) is 98.9 cm³/mol. The molecule has 4 nitrogen and oxygen atoms in total. The van der Waals surface area contributed by atoms with Crippen LogP contribution in [0.25, 0.3) is 0 Å². The molecule has 0 saturated carbocycles. The third kappa shape index (κ3) is 5.91. The molecule has 0 bridgehead atoms. The van der Waals surface area contributed by atoms with Crippen LogP contribution in [0.5, 0.6) is 0 Å². The number of nitrogens with zero attached hydrogens (tertiary/aromatic N) is 1. The van der Waals surface area contributed by atoms with Crippen LogP contribution in [0.2, 0.25) is 0 Å². The molecule has 0 radical (unpaired) electrons. The molecule has 128 valence electrons. The largest absolute Gasteiger partial charge is 0.385 e. The van der Waals surface area contributed by atoms with Gasteiger partial charge in [0.15, 0.2) is 5.96 Å². The first kappa shape index (κ1) is 17.8. The van der Waals surface area contributed by atoms with E-state index in [9.17, 15) is 4.39 Å². The Bertz CT molecular complexity index is 656. The molecule has 2 aromatic rings. The number of para-hydroxylation sites is 1. The molecule has 5 heteroatoms.